The fourth-order valence-electron chi connectivity index (χ4n) is 2.97. The lowest BCUT2D eigenvalue weighted by molar-refractivity contribution is 0.550. The Morgan fingerprint density at radius 2 is 2.26 bits per heavy atom. The van der Waals surface area contributed by atoms with E-state index in [0.29, 0.717) is 6.04 Å². The highest BCUT2D eigenvalue weighted by molar-refractivity contribution is 9.10. The second-order valence-electron chi connectivity index (χ2n) is 5.11. The summed E-state index contributed by atoms with van der Waals surface area (Å²) in [7, 11) is 0. The van der Waals surface area contributed by atoms with Crippen LogP contribution in [-0.2, 0) is 0 Å². The Kier molecular flexibility index (Phi) is 3.76. The van der Waals surface area contributed by atoms with Gasteiger partial charge in [-0.25, -0.2) is 0 Å². The number of fused-ring (bicyclic) bond motifs is 1. The smallest absolute Gasteiger partial charge is 0.0471 e. The Hall–Kier alpha value is -1.06. The number of aromatic nitrogens is 1. The number of halogens is 1. The molecule has 0 saturated heterocycles. The summed E-state index contributed by atoms with van der Waals surface area (Å²) in [4.78, 5) is 3.32. The van der Waals surface area contributed by atoms with Crippen LogP contribution in [0.4, 0.5) is 0 Å². The van der Waals surface area contributed by atoms with Crippen molar-refractivity contribution in [2.24, 2.45) is 0 Å². The van der Waals surface area contributed by atoms with Crippen LogP contribution in [0.1, 0.15) is 31.7 Å². The number of aromatic amines is 1. The van der Waals surface area contributed by atoms with Gasteiger partial charge in [-0.05, 0) is 52.5 Å². The van der Waals surface area contributed by atoms with Crippen molar-refractivity contribution in [3.05, 3.63) is 40.5 Å². The topological polar surface area (TPSA) is 27.8 Å². The van der Waals surface area contributed by atoms with Gasteiger partial charge in [-0.2, -0.15) is 0 Å². The van der Waals surface area contributed by atoms with Crippen LogP contribution in [-0.4, -0.2) is 17.6 Å². The number of hydrogen-bond donors (Lipinski definition) is 2. The van der Waals surface area contributed by atoms with Crippen LogP contribution in [0.15, 0.2) is 34.9 Å². The molecule has 2 N–H and O–H groups in total. The molecule has 0 amide bonds. The van der Waals surface area contributed by atoms with Gasteiger partial charge in [-0.3, -0.25) is 0 Å². The standard InChI is InChI=1S/C16H19BrN2/c1-2-5-14-11(7-4-9-18-14)12-6-3-8-15-16(12)13(17)10-19-15/h3,6-8,10,14,18-19H,2,4-5,9H2,1H3. The van der Waals surface area contributed by atoms with E-state index in [2.05, 4.69) is 57.4 Å². The summed E-state index contributed by atoms with van der Waals surface area (Å²) in [5, 5.41) is 4.96. The normalized spacial score (nSPS) is 19.7. The molecule has 0 aliphatic carbocycles. The van der Waals surface area contributed by atoms with Gasteiger partial charge in [-0.1, -0.05) is 31.6 Å². The van der Waals surface area contributed by atoms with Crippen LogP contribution in [0.3, 0.4) is 0 Å². The van der Waals surface area contributed by atoms with E-state index < -0.39 is 0 Å². The third-order valence-corrected chi connectivity index (χ3v) is 4.45. The minimum atomic E-state index is 0.492. The number of benzene rings is 1. The summed E-state index contributed by atoms with van der Waals surface area (Å²) in [6.07, 6.45) is 7.96. The minimum absolute atomic E-state index is 0.492. The van der Waals surface area contributed by atoms with Crippen molar-refractivity contribution in [1.29, 1.82) is 0 Å². The molecule has 1 unspecified atom stereocenters. The van der Waals surface area contributed by atoms with Gasteiger partial charge in [0.2, 0.25) is 0 Å². The van der Waals surface area contributed by atoms with E-state index in [4.69, 9.17) is 0 Å². The lowest BCUT2D eigenvalue weighted by atomic mass is 9.90. The summed E-state index contributed by atoms with van der Waals surface area (Å²) >= 11 is 3.66. The summed E-state index contributed by atoms with van der Waals surface area (Å²) in [5.41, 5.74) is 4.02. The third kappa shape index (κ3) is 2.37. The SMILES string of the molecule is CCCC1NCCC=C1c1cccc2[nH]cc(Br)c12. The van der Waals surface area contributed by atoms with Crippen LogP contribution in [0.25, 0.3) is 16.5 Å². The van der Waals surface area contributed by atoms with Crippen molar-refractivity contribution in [2.45, 2.75) is 32.2 Å². The first-order valence-electron chi connectivity index (χ1n) is 7.00. The Balaban J connectivity index is 2.12. The molecule has 100 valence electrons. The molecule has 3 heteroatoms. The first-order valence-corrected chi connectivity index (χ1v) is 7.80. The molecule has 19 heavy (non-hydrogen) atoms. The van der Waals surface area contributed by atoms with E-state index in [9.17, 15) is 0 Å². The summed E-state index contributed by atoms with van der Waals surface area (Å²) in [6.45, 7) is 3.35. The zero-order chi connectivity index (χ0) is 13.2. The van der Waals surface area contributed by atoms with Gasteiger partial charge < -0.3 is 10.3 Å². The van der Waals surface area contributed by atoms with Crippen molar-refractivity contribution in [2.75, 3.05) is 6.54 Å². The van der Waals surface area contributed by atoms with Crippen molar-refractivity contribution in [1.82, 2.24) is 10.3 Å². The molecule has 2 nitrogen and oxygen atoms in total. The maximum atomic E-state index is 3.66. The van der Waals surface area contributed by atoms with Crippen molar-refractivity contribution >= 4 is 32.4 Å². The quantitative estimate of drug-likeness (QED) is 0.858. The van der Waals surface area contributed by atoms with Gasteiger partial charge in [0.15, 0.2) is 0 Å². The Bertz CT molecular complexity index is 612. The molecular weight excluding hydrogens is 300 g/mol. The molecule has 1 aliphatic heterocycles. The number of rotatable bonds is 3. The molecule has 0 saturated carbocycles. The van der Waals surface area contributed by atoms with Gasteiger partial charge >= 0.3 is 0 Å². The van der Waals surface area contributed by atoms with E-state index in [1.54, 1.807) is 0 Å². The summed E-state index contributed by atoms with van der Waals surface area (Å²) < 4.78 is 1.15. The van der Waals surface area contributed by atoms with Crippen molar-refractivity contribution in [3.8, 4) is 0 Å². The van der Waals surface area contributed by atoms with Crippen LogP contribution >= 0.6 is 15.9 Å². The highest BCUT2D eigenvalue weighted by Gasteiger charge is 2.20. The Labute approximate surface area is 122 Å². The van der Waals surface area contributed by atoms with Crippen LogP contribution < -0.4 is 5.32 Å². The average molecular weight is 319 g/mol. The molecule has 3 rings (SSSR count). The van der Waals surface area contributed by atoms with Gasteiger partial charge in [0.1, 0.15) is 0 Å². The minimum Gasteiger partial charge on any atom is -0.360 e. The third-order valence-electron chi connectivity index (χ3n) is 3.82. The molecule has 0 bridgehead atoms. The molecule has 2 heterocycles. The first kappa shape index (κ1) is 12.9. The predicted octanol–water partition coefficient (Wildman–Crippen LogP) is 4.48. The van der Waals surface area contributed by atoms with Gasteiger partial charge in [-0.15, -0.1) is 0 Å². The molecule has 0 radical (unpaired) electrons. The summed E-state index contributed by atoms with van der Waals surface area (Å²) in [5.74, 6) is 0. The van der Waals surface area contributed by atoms with Crippen molar-refractivity contribution < 1.29 is 0 Å². The van der Waals surface area contributed by atoms with E-state index in [0.717, 1.165) is 17.4 Å². The highest BCUT2D eigenvalue weighted by atomic mass is 79.9. The summed E-state index contributed by atoms with van der Waals surface area (Å²) in [6, 6.07) is 7.00. The first-order chi connectivity index (χ1) is 9.31. The van der Waals surface area contributed by atoms with Crippen LogP contribution in [0, 0.1) is 0 Å². The number of nitrogens with one attached hydrogen (secondary N) is 2. The highest BCUT2D eigenvalue weighted by Crippen LogP contribution is 2.34. The molecule has 0 fully saturated rings. The molecule has 0 spiro atoms. The average Bonchev–Trinajstić information content (AvgIpc) is 2.82. The zero-order valence-corrected chi connectivity index (χ0v) is 12.8. The number of hydrogen-bond acceptors (Lipinski definition) is 1. The second kappa shape index (κ2) is 5.51. The zero-order valence-electron chi connectivity index (χ0n) is 11.2. The molecule has 1 atom stereocenters. The molecule has 2 aromatic rings. The largest absolute Gasteiger partial charge is 0.360 e. The fourth-order valence-corrected chi connectivity index (χ4v) is 3.51. The van der Waals surface area contributed by atoms with Gasteiger partial charge in [0.25, 0.3) is 0 Å². The molecular formula is C16H19BrN2. The maximum absolute atomic E-state index is 3.66. The van der Waals surface area contributed by atoms with Crippen LogP contribution in [0.2, 0.25) is 0 Å². The van der Waals surface area contributed by atoms with Crippen molar-refractivity contribution in [3.63, 3.8) is 0 Å². The fraction of sp³-hybridized carbons (Fsp3) is 0.375. The van der Waals surface area contributed by atoms with E-state index >= 15 is 0 Å². The van der Waals surface area contributed by atoms with Gasteiger partial charge in [0, 0.05) is 27.6 Å². The Morgan fingerprint density at radius 1 is 1.37 bits per heavy atom. The number of H-pyrrole nitrogens is 1. The monoisotopic (exact) mass is 318 g/mol. The molecule has 1 aliphatic rings. The van der Waals surface area contributed by atoms with Gasteiger partial charge in [0.05, 0.1) is 0 Å². The Morgan fingerprint density at radius 3 is 3.11 bits per heavy atom. The lowest BCUT2D eigenvalue weighted by Crippen LogP contribution is -2.34. The van der Waals surface area contributed by atoms with E-state index in [1.807, 2.05) is 6.20 Å². The predicted molar refractivity (Wildman–Crippen MR) is 85.3 cm³/mol. The maximum Gasteiger partial charge on any atom is 0.0471 e. The van der Waals surface area contributed by atoms with E-state index in [-0.39, 0.29) is 0 Å². The molecule has 1 aromatic heterocycles. The molecule has 1 aromatic carbocycles. The van der Waals surface area contributed by atoms with Crippen LogP contribution in [0.5, 0.6) is 0 Å². The second-order valence-corrected chi connectivity index (χ2v) is 5.96. The lowest BCUT2D eigenvalue weighted by Gasteiger charge is -2.26. The van der Waals surface area contributed by atoms with E-state index in [1.165, 1.54) is 34.9 Å².